The van der Waals surface area contributed by atoms with Gasteiger partial charge >= 0.3 is 7.12 Å². The van der Waals surface area contributed by atoms with E-state index in [0.29, 0.717) is 23.0 Å². The highest BCUT2D eigenvalue weighted by Gasteiger charge is 2.38. The number of Topliss-reactive ketones (excluding diaryl/α,β-unsaturated/α-hetero) is 1. The normalized spacial score (nSPS) is 16.5. The van der Waals surface area contributed by atoms with Crippen molar-refractivity contribution in [2.75, 3.05) is 5.73 Å². The first-order valence-corrected chi connectivity index (χ1v) is 11.1. The number of amides is 1. The Balaban J connectivity index is 1.54. The summed E-state index contributed by atoms with van der Waals surface area (Å²) in [7, 11) is -1.11. The number of nitrogens with zero attached hydrogens (tertiary/aromatic N) is 2. The molecular weight excluding hydrogens is 423 g/mol. The molecule has 4 N–H and O–H groups in total. The Morgan fingerprint density at radius 2 is 2.27 bits per heavy atom. The van der Waals surface area contributed by atoms with E-state index in [-0.39, 0.29) is 17.2 Å². The molecule has 4 rings (SSSR count). The number of hydrogen-bond acceptors (Lipinski definition) is 9. The Morgan fingerprint density at radius 3 is 2.97 bits per heavy atom. The van der Waals surface area contributed by atoms with Gasteiger partial charge in [0.05, 0.1) is 5.69 Å². The molecule has 11 heteroatoms. The summed E-state index contributed by atoms with van der Waals surface area (Å²) >= 11 is 2.37. The minimum atomic E-state index is -1.11. The van der Waals surface area contributed by atoms with Gasteiger partial charge in [0.25, 0.3) is 5.91 Å². The first-order valence-electron chi connectivity index (χ1n) is 9.29. The van der Waals surface area contributed by atoms with Crippen LogP contribution in [0.15, 0.2) is 35.2 Å². The minimum absolute atomic E-state index is 0.00873. The summed E-state index contributed by atoms with van der Waals surface area (Å²) in [5, 5.41) is 17.1. The maximum absolute atomic E-state index is 13.2. The van der Waals surface area contributed by atoms with Gasteiger partial charge in [-0.2, -0.15) is 0 Å². The number of carbonyl (C=O) groups is 2. The fraction of sp³-hybridized carbons (Fsp3) is 0.263. The number of ketones is 1. The third-order valence-corrected chi connectivity index (χ3v) is 6.40. The smallest absolute Gasteiger partial charge is 0.526 e. The van der Waals surface area contributed by atoms with E-state index in [2.05, 4.69) is 15.3 Å². The highest BCUT2D eigenvalue weighted by atomic mass is 32.1. The van der Waals surface area contributed by atoms with Gasteiger partial charge in [0, 0.05) is 29.2 Å². The summed E-state index contributed by atoms with van der Waals surface area (Å²) in [6, 6.07) is 4.77. The number of anilines is 1. The molecule has 2 aromatic heterocycles. The predicted octanol–water partition coefficient (Wildman–Crippen LogP) is 2.41. The van der Waals surface area contributed by atoms with Crippen LogP contribution in [0.3, 0.4) is 0 Å². The number of nitrogens with two attached hydrogens (primary N) is 1. The minimum Gasteiger partial charge on any atom is -0.536 e. The van der Waals surface area contributed by atoms with Crippen LogP contribution < -0.4 is 15.7 Å². The van der Waals surface area contributed by atoms with Crippen molar-refractivity contribution in [3.8, 4) is 5.75 Å². The van der Waals surface area contributed by atoms with Gasteiger partial charge in [-0.05, 0) is 24.5 Å². The lowest BCUT2D eigenvalue weighted by atomic mass is 9.64. The van der Waals surface area contributed by atoms with Crippen LogP contribution >= 0.6 is 22.7 Å². The van der Waals surface area contributed by atoms with E-state index in [1.165, 1.54) is 28.9 Å². The molecule has 0 saturated carbocycles. The highest BCUT2D eigenvalue weighted by Crippen LogP contribution is 2.36. The number of benzene rings is 1. The molecule has 1 aliphatic rings. The third-order valence-electron chi connectivity index (χ3n) is 4.94. The Hall–Kier alpha value is -2.76. The first-order chi connectivity index (χ1) is 14.4. The molecule has 0 saturated heterocycles. The van der Waals surface area contributed by atoms with Crippen molar-refractivity contribution < 1.29 is 19.3 Å². The number of aryl methyl sites for hydroxylation is 1. The lowest BCUT2D eigenvalue weighted by molar-refractivity contribution is -0.121. The maximum atomic E-state index is 13.2. The van der Waals surface area contributed by atoms with Crippen LogP contribution in [0.1, 0.15) is 39.1 Å². The molecule has 1 aromatic carbocycles. The molecule has 1 unspecified atom stereocenters. The van der Waals surface area contributed by atoms with E-state index in [0.717, 1.165) is 11.1 Å². The van der Waals surface area contributed by atoms with Gasteiger partial charge in [-0.25, -0.2) is 9.97 Å². The van der Waals surface area contributed by atoms with Gasteiger partial charge in [0.15, 0.2) is 15.9 Å². The van der Waals surface area contributed by atoms with Crippen LogP contribution in [-0.2, 0) is 11.2 Å². The number of nitrogens with one attached hydrogen (secondary N) is 1. The second kappa shape index (κ2) is 8.54. The van der Waals surface area contributed by atoms with Crippen molar-refractivity contribution in [2.45, 2.75) is 31.6 Å². The summed E-state index contributed by atoms with van der Waals surface area (Å²) in [5.41, 5.74) is 7.98. The van der Waals surface area contributed by atoms with Gasteiger partial charge in [0.2, 0.25) is 0 Å². The van der Waals surface area contributed by atoms with E-state index >= 15 is 0 Å². The van der Waals surface area contributed by atoms with Crippen molar-refractivity contribution in [1.29, 1.82) is 0 Å². The molecule has 8 nitrogen and oxygen atoms in total. The Kier molecular flexibility index (Phi) is 5.84. The second-order valence-corrected chi connectivity index (χ2v) is 8.84. The van der Waals surface area contributed by atoms with Crippen LogP contribution in [0.25, 0.3) is 0 Å². The Labute approximate surface area is 181 Å². The Morgan fingerprint density at radius 1 is 1.43 bits per heavy atom. The summed E-state index contributed by atoms with van der Waals surface area (Å²) in [6.45, 7) is 1.91. The molecule has 3 aromatic rings. The number of thiazole rings is 2. The number of fused-ring (bicyclic) bond motifs is 1. The zero-order valence-electron chi connectivity index (χ0n) is 16.1. The molecule has 2 atom stereocenters. The van der Waals surface area contributed by atoms with Crippen LogP contribution in [0, 0.1) is 6.92 Å². The highest BCUT2D eigenvalue weighted by molar-refractivity contribution is 7.13. The molecule has 0 spiro atoms. The number of carbonyl (C=O) groups excluding carboxylic acids is 2. The molecule has 3 heterocycles. The molecular formula is C19H19BN4O4S2. The SMILES string of the molecule is Cc1cccc2c1OB(O)[C@@H](CC(=O)C(NC(=O)c1nccs1)c1csc(N)n1)C2. The number of aromatic nitrogens is 2. The first kappa shape index (κ1) is 20.5. The molecule has 1 amide bonds. The van der Waals surface area contributed by atoms with E-state index in [1.807, 2.05) is 25.1 Å². The molecule has 30 heavy (non-hydrogen) atoms. The molecule has 0 radical (unpaired) electrons. The quantitative estimate of drug-likeness (QED) is 0.500. The van der Waals surface area contributed by atoms with Gasteiger partial charge in [-0.3, -0.25) is 9.59 Å². The standard InChI is InChI=1S/C19H19BN4O4S2/c1-10-3-2-4-11-7-12(20(27)28-16(10)11)8-14(25)15(13-9-30-19(21)23-13)24-17(26)18-22-5-6-29-18/h2-6,9,12,15,27H,7-8H2,1H3,(H2,21,23)(H,24,26)/t12-,15?/m1/s1. The Bertz CT molecular complexity index is 1070. The van der Waals surface area contributed by atoms with E-state index in [9.17, 15) is 14.6 Å². The van der Waals surface area contributed by atoms with Crippen molar-refractivity contribution >= 4 is 46.6 Å². The number of para-hydroxylation sites is 1. The fourth-order valence-corrected chi connectivity index (χ4v) is 4.60. The van der Waals surface area contributed by atoms with Crippen molar-refractivity contribution in [2.24, 2.45) is 0 Å². The van der Waals surface area contributed by atoms with Crippen LogP contribution in [0.2, 0.25) is 5.82 Å². The fourth-order valence-electron chi connectivity index (χ4n) is 3.47. The van der Waals surface area contributed by atoms with Gasteiger partial charge in [0.1, 0.15) is 11.8 Å². The number of hydrogen-bond donors (Lipinski definition) is 3. The monoisotopic (exact) mass is 442 g/mol. The zero-order valence-corrected chi connectivity index (χ0v) is 17.7. The van der Waals surface area contributed by atoms with E-state index < -0.39 is 24.9 Å². The number of nitrogen functional groups attached to an aromatic ring is 1. The zero-order chi connectivity index (χ0) is 21.3. The predicted molar refractivity (Wildman–Crippen MR) is 116 cm³/mol. The summed E-state index contributed by atoms with van der Waals surface area (Å²) in [5.74, 6) is -0.526. The van der Waals surface area contributed by atoms with Crippen molar-refractivity contribution in [3.63, 3.8) is 0 Å². The second-order valence-electron chi connectivity index (χ2n) is 7.06. The van der Waals surface area contributed by atoms with Crippen LogP contribution in [0.5, 0.6) is 5.75 Å². The van der Waals surface area contributed by atoms with Crippen LogP contribution in [-0.4, -0.2) is 33.8 Å². The average molecular weight is 442 g/mol. The molecule has 0 bridgehead atoms. The molecule has 0 aliphatic carbocycles. The summed E-state index contributed by atoms with van der Waals surface area (Å²) < 4.78 is 5.68. The van der Waals surface area contributed by atoms with Gasteiger partial charge in [-0.1, -0.05) is 18.2 Å². The summed E-state index contributed by atoms with van der Waals surface area (Å²) in [4.78, 5) is 33.8. The van der Waals surface area contributed by atoms with Gasteiger partial charge in [-0.15, -0.1) is 22.7 Å². The van der Waals surface area contributed by atoms with Crippen molar-refractivity contribution in [3.05, 3.63) is 57.0 Å². The lowest BCUT2D eigenvalue weighted by Crippen LogP contribution is -2.39. The maximum Gasteiger partial charge on any atom is 0.526 e. The molecule has 1 aliphatic heterocycles. The third kappa shape index (κ3) is 4.23. The number of rotatable bonds is 6. The van der Waals surface area contributed by atoms with Crippen LogP contribution in [0.4, 0.5) is 5.13 Å². The lowest BCUT2D eigenvalue weighted by Gasteiger charge is -2.29. The molecule has 154 valence electrons. The molecule has 0 fully saturated rings. The topological polar surface area (TPSA) is 127 Å². The average Bonchev–Trinajstić information content (AvgIpc) is 3.39. The van der Waals surface area contributed by atoms with E-state index in [1.54, 1.807) is 10.8 Å². The van der Waals surface area contributed by atoms with Gasteiger partial charge < -0.3 is 20.7 Å². The largest absolute Gasteiger partial charge is 0.536 e. The van der Waals surface area contributed by atoms with E-state index in [4.69, 9.17) is 10.4 Å². The van der Waals surface area contributed by atoms with Crippen molar-refractivity contribution in [1.82, 2.24) is 15.3 Å². The summed E-state index contributed by atoms with van der Waals surface area (Å²) in [6.07, 6.45) is 2.03.